The quantitative estimate of drug-likeness (QED) is 0.742. The van der Waals surface area contributed by atoms with E-state index in [1.807, 2.05) is 19.1 Å². The van der Waals surface area contributed by atoms with Crippen molar-refractivity contribution >= 4 is 5.82 Å². The first-order valence-electron chi connectivity index (χ1n) is 4.68. The van der Waals surface area contributed by atoms with E-state index in [1.165, 1.54) is 0 Å². The van der Waals surface area contributed by atoms with E-state index < -0.39 is 0 Å². The summed E-state index contributed by atoms with van der Waals surface area (Å²) in [6.45, 7) is 1.91. The third kappa shape index (κ3) is 1.91. The summed E-state index contributed by atoms with van der Waals surface area (Å²) in [7, 11) is 0. The Hall–Kier alpha value is -2.03. The van der Waals surface area contributed by atoms with E-state index in [0.29, 0.717) is 5.82 Å². The van der Waals surface area contributed by atoms with Crippen molar-refractivity contribution in [2.24, 2.45) is 0 Å². The summed E-state index contributed by atoms with van der Waals surface area (Å²) in [5.74, 6) is 0.792. The lowest BCUT2D eigenvalue weighted by Crippen LogP contribution is -1.93. The number of rotatable bonds is 1. The molecule has 0 atom stereocenters. The van der Waals surface area contributed by atoms with Gasteiger partial charge in [0.05, 0.1) is 0 Å². The zero-order chi connectivity index (χ0) is 10.8. The monoisotopic (exact) mass is 200 g/mol. The summed E-state index contributed by atoms with van der Waals surface area (Å²) >= 11 is 0. The second-order valence-electron chi connectivity index (χ2n) is 3.48. The SMILES string of the molecule is Cc1cc(-c2cccc(O)c2)cnc1N. The van der Waals surface area contributed by atoms with Crippen LogP contribution in [0.3, 0.4) is 0 Å². The molecule has 0 aliphatic carbocycles. The summed E-state index contributed by atoms with van der Waals surface area (Å²) in [6, 6.07) is 9.02. The van der Waals surface area contributed by atoms with Gasteiger partial charge in [-0.25, -0.2) is 4.98 Å². The van der Waals surface area contributed by atoms with E-state index in [1.54, 1.807) is 24.4 Å². The van der Waals surface area contributed by atoms with Crippen molar-refractivity contribution in [2.75, 3.05) is 5.73 Å². The third-order valence-corrected chi connectivity index (χ3v) is 2.30. The smallest absolute Gasteiger partial charge is 0.126 e. The van der Waals surface area contributed by atoms with Gasteiger partial charge in [-0.15, -0.1) is 0 Å². The fraction of sp³-hybridized carbons (Fsp3) is 0.0833. The first-order valence-corrected chi connectivity index (χ1v) is 4.68. The number of hydrogen-bond donors (Lipinski definition) is 2. The van der Waals surface area contributed by atoms with Crippen LogP contribution in [0.1, 0.15) is 5.56 Å². The molecule has 1 aromatic heterocycles. The topological polar surface area (TPSA) is 59.1 Å². The Kier molecular flexibility index (Phi) is 2.29. The first kappa shape index (κ1) is 9.52. The second-order valence-corrected chi connectivity index (χ2v) is 3.48. The van der Waals surface area contributed by atoms with Gasteiger partial charge in [0.25, 0.3) is 0 Å². The average Bonchev–Trinajstić information content (AvgIpc) is 2.22. The fourth-order valence-electron chi connectivity index (χ4n) is 1.43. The summed E-state index contributed by atoms with van der Waals surface area (Å²) in [6.07, 6.45) is 1.71. The lowest BCUT2D eigenvalue weighted by molar-refractivity contribution is 0.475. The molecule has 0 radical (unpaired) electrons. The van der Waals surface area contributed by atoms with Gasteiger partial charge in [-0.2, -0.15) is 0 Å². The molecule has 2 aromatic rings. The van der Waals surface area contributed by atoms with Crippen LogP contribution in [-0.4, -0.2) is 10.1 Å². The van der Waals surface area contributed by atoms with E-state index in [-0.39, 0.29) is 5.75 Å². The zero-order valence-electron chi connectivity index (χ0n) is 8.44. The number of nitrogens with two attached hydrogens (primary N) is 1. The number of benzene rings is 1. The standard InChI is InChI=1S/C12H12N2O/c1-8-5-10(7-14-12(8)13)9-3-2-4-11(15)6-9/h2-7,15H,1H3,(H2,13,14). The number of phenols is 1. The van der Waals surface area contributed by atoms with Crippen molar-refractivity contribution in [3.8, 4) is 16.9 Å². The van der Waals surface area contributed by atoms with E-state index in [0.717, 1.165) is 16.7 Å². The molecule has 76 valence electrons. The van der Waals surface area contributed by atoms with E-state index in [4.69, 9.17) is 5.73 Å². The van der Waals surface area contributed by atoms with Gasteiger partial charge in [0.2, 0.25) is 0 Å². The largest absolute Gasteiger partial charge is 0.508 e. The van der Waals surface area contributed by atoms with Gasteiger partial charge in [-0.3, -0.25) is 0 Å². The minimum absolute atomic E-state index is 0.252. The molecule has 0 unspecified atom stereocenters. The zero-order valence-corrected chi connectivity index (χ0v) is 8.44. The molecule has 0 spiro atoms. The van der Waals surface area contributed by atoms with Crippen LogP contribution in [-0.2, 0) is 0 Å². The maximum absolute atomic E-state index is 9.35. The Morgan fingerprint density at radius 1 is 1.20 bits per heavy atom. The Balaban J connectivity index is 2.50. The van der Waals surface area contributed by atoms with E-state index >= 15 is 0 Å². The number of nitrogens with zero attached hydrogens (tertiary/aromatic N) is 1. The molecule has 0 aliphatic heterocycles. The molecule has 3 nitrogen and oxygen atoms in total. The van der Waals surface area contributed by atoms with Crippen molar-refractivity contribution in [2.45, 2.75) is 6.92 Å². The molecular weight excluding hydrogens is 188 g/mol. The van der Waals surface area contributed by atoms with Crippen molar-refractivity contribution in [1.82, 2.24) is 4.98 Å². The second kappa shape index (κ2) is 3.61. The number of anilines is 1. The Labute approximate surface area is 88.2 Å². The molecule has 1 aromatic carbocycles. The maximum atomic E-state index is 9.35. The average molecular weight is 200 g/mol. The normalized spacial score (nSPS) is 10.2. The number of pyridine rings is 1. The van der Waals surface area contributed by atoms with E-state index in [9.17, 15) is 5.11 Å². The molecule has 0 fully saturated rings. The van der Waals surface area contributed by atoms with E-state index in [2.05, 4.69) is 4.98 Å². The minimum Gasteiger partial charge on any atom is -0.508 e. The highest BCUT2D eigenvalue weighted by Crippen LogP contribution is 2.24. The summed E-state index contributed by atoms with van der Waals surface area (Å²) in [5, 5.41) is 9.35. The molecule has 2 rings (SSSR count). The van der Waals surface area contributed by atoms with Gasteiger partial charge in [0.1, 0.15) is 11.6 Å². The van der Waals surface area contributed by atoms with Gasteiger partial charge in [-0.05, 0) is 36.2 Å². The highest BCUT2D eigenvalue weighted by Gasteiger charge is 2.01. The minimum atomic E-state index is 0.252. The Bertz CT molecular complexity index is 495. The molecule has 0 saturated carbocycles. The molecule has 0 saturated heterocycles. The van der Waals surface area contributed by atoms with Crippen LogP contribution in [0.15, 0.2) is 36.5 Å². The van der Waals surface area contributed by atoms with Crippen molar-refractivity contribution in [1.29, 1.82) is 0 Å². The summed E-state index contributed by atoms with van der Waals surface area (Å²) in [4.78, 5) is 4.08. The number of phenolic OH excluding ortho intramolecular Hbond substituents is 1. The van der Waals surface area contributed by atoms with Crippen molar-refractivity contribution in [3.63, 3.8) is 0 Å². The molecule has 3 heteroatoms. The van der Waals surface area contributed by atoms with Crippen molar-refractivity contribution in [3.05, 3.63) is 42.1 Å². The van der Waals surface area contributed by atoms with Crippen LogP contribution in [0.5, 0.6) is 5.75 Å². The van der Waals surface area contributed by atoms with Gasteiger partial charge < -0.3 is 10.8 Å². The molecule has 0 bridgehead atoms. The predicted octanol–water partition coefficient (Wildman–Crippen LogP) is 2.34. The fourth-order valence-corrected chi connectivity index (χ4v) is 1.43. The van der Waals surface area contributed by atoms with Gasteiger partial charge >= 0.3 is 0 Å². The number of hydrogen-bond acceptors (Lipinski definition) is 3. The number of aromatic nitrogens is 1. The van der Waals surface area contributed by atoms with Crippen LogP contribution in [0, 0.1) is 6.92 Å². The van der Waals surface area contributed by atoms with Crippen LogP contribution >= 0.6 is 0 Å². The van der Waals surface area contributed by atoms with Gasteiger partial charge in [-0.1, -0.05) is 12.1 Å². The highest BCUT2D eigenvalue weighted by atomic mass is 16.3. The van der Waals surface area contributed by atoms with Crippen LogP contribution in [0.4, 0.5) is 5.82 Å². The molecule has 0 amide bonds. The molecule has 3 N–H and O–H groups in total. The van der Waals surface area contributed by atoms with Crippen LogP contribution in [0.25, 0.3) is 11.1 Å². The van der Waals surface area contributed by atoms with Gasteiger partial charge in [0, 0.05) is 11.8 Å². The molecule has 15 heavy (non-hydrogen) atoms. The summed E-state index contributed by atoms with van der Waals surface area (Å²) < 4.78 is 0. The lowest BCUT2D eigenvalue weighted by Gasteiger charge is -2.04. The third-order valence-electron chi connectivity index (χ3n) is 2.30. The first-order chi connectivity index (χ1) is 7.16. The number of aryl methyl sites for hydroxylation is 1. The molecular formula is C12H12N2O. The number of aromatic hydroxyl groups is 1. The molecule has 0 aliphatic rings. The highest BCUT2D eigenvalue weighted by molar-refractivity contribution is 5.66. The Morgan fingerprint density at radius 3 is 2.67 bits per heavy atom. The Morgan fingerprint density at radius 2 is 2.00 bits per heavy atom. The van der Waals surface area contributed by atoms with Crippen LogP contribution < -0.4 is 5.73 Å². The number of nitrogen functional groups attached to an aromatic ring is 1. The van der Waals surface area contributed by atoms with Gasteiger partial charge in [0.15, 0.2) is 0 Å². The maximum Gasteiger partial charge on any atom is 0.126 e. The molecule has 1 heterocycles. The predicted molar refractivity (Wildman–Crippen MR) is 60.5 cm³/mol. The summed E-state index contributed by atoms with van der Waals surface area (Å²) in [5.41, 5.74) is 8.47. The van der Waals surface area contributed by atoms with Crippen LogP contribution in [0.2, 0.25) is 0 Å². The lowest BCUT2D eigenvalue weighted by atomic mass is 10.1. The van der Waals surface area contributed by atoms with Crippen molar-refractivity contribution < 1.29 is 5.11 Å².